The lowest BCUT2D eigenvalue weighted by atomic mass is 9.82. The van der Waals surface area contributed by atoms with E-state index in [2.05, 4.69) is 0 Å². The number of carbonyl (C=O) groups is 2. The maximum absolute atomic E-state index is 12.6. The Kier molecular flexibility index (Phi) is 5.70. The van der Waals surface area contributed by atoms with E-state index in [1.807, 2.05) is 4.90 Å². The van der Waals surface area contributed by atoms with Crippen LogP contribution in [-0.2, 0) is 9.59 Å². The van der Waals surface area contributed by atoms with E-state index in [1.165, 1.54) is 31.8 Å². The molecule has 3 rings (SSSR count). The van der Waals surface area contributed by atoms with Crippen LogP contribution >= 0.6 is 23.2 Å². The number of carboxylic acid groups (broad SMARTS) is 1. The van der Waals surface area contributed by atoms with Gasteiger partial charge in [0.1, 0.15) is 0 Å². The van der Waals surface area contributed by atoms with Gasteiger partial charge in [0.2, 0.25) is 5.91 Å². The molecular weight excluding hydrogens is 361 g/mol. The maximum atomic E-state index is 12.6. The highest BCUT2D eigenvalue weighted by molar-refractivity contribution is 6.37. The second-order valence-electron chi connectivity index (χ2n) is 6.89. The van der Waals surface area contributed by atoms with E-state index in [1.54, 1.807) is 18.2 Å². The largest absolute Gasteiger partial charge is 0.478 e. The Morgan fingerprint density at radius 1 is 1.12 bits per heavy atom. The number of likely N-dealkylation sites (tertiary alicyclic amines) is 1. The Hall–Kier alpha value is -1.52. The van der Waals surface area contributed by atoms with E-state index in [0.29, 0.717) is 27.4 Å². The molecule has 1 aromatic rings. The Labute approximate surface area is 157 Å². The van der Waals surface area contributed by atoms with Crippen LogP contribution in [0.25, 0.3) is 6.08 Å². The number of rotatable bonds is 4. The molecule has 2 atom stereocenters. The standard InChI is InChI=1S/C19H21Cl2NO3/c20-16-6-3-7-17(21)15(16)8-14(19(24)25)9-18(23)22-10-12-4-1-2-5-13(12)11-22/h3,6-8,12-13H,1-2,4-5,9-11H2,(H,24,25)/b14-8+/t12-,13+. The predicted octanol–water partition coefficient (Wildman–Crippen LogP) is 4.50. The van der Waals surface area contributed by atoms with Gasteiger partial charge >= 0.3 is 5.97 Å². The number of benzene rings is 1. The van der Waals surface area contributed by atoms with Gasteiger partial charge in [-0.2, -0.15) is 0 Å². The summed E-state index contributed by atoms with van der Waals surface area (Å²) in [6.07, 6.45) is 6.07. The van der Waals surface area contributed by atoms with Gasteiger partial charge in [-0.15, -0.1) is 0 Å². The lowest BCUT2D eigenvalue weighted by Crippen LogP contribution is -2.29. The maximum Gasteiger partial charge on any atom is 0.332 e. The molecule has 0 bridgehead atoms. The van der Waals surface area contributed by atoms with Crippen molar-refractivity contribution >= 4 is 41.2 Å². The zero-order valence-corrected chi connectivity index (χ0v) is 15.4. The summed E-state index contributed by atoms with van der Waals surface area (Å²) >= 11 is 12.2. The summed E-state index contributed by atoms with van der Waals surface area (Å²) in [5.74, 6) is -0.104. The van der Waals surface area contributed by atoms with Gasteiger partial charge in [-0.1, -0.05) is 42.1 Å². The molecule has 0 aromatic heterocycles. The van der Waals surface area contributed by atoms with Crippen molar-refractivity contribution in [3.8, 4) is 0 Å². The fourth-order valence-corrected chi connectivity index (χ4v) is 4.40. The first-order valence-electron chi connectivity index (χ1n) is 8.61. The van der Waals surface area contributed by atoms with Crippen molar-refractivity contribution in [1.29, 1.82) is 0 Å². The Bertz CT molecular complexity index is 682. The summed E-state index contributed by atoms with van der Waals surface area (Å²) in [6, 6.07) is 4.98. The first-order chi connectivity index (χ1) is 12.0. The molecule has 25 heavy (non-hydrogen) atoms. The molecule has 2 fully saturated rings. The van der Waals surface area contributed by atoms with Gasteiger partial charge in [0.25, 0.3) is 0 Å². The molecule has 2 aliphatic rings. The van der Waals surface area contributed by atoms with Crippen LogP contribution in [0.2, 0.25) is 10.0 Å². The summed E-state index contributed by atoms with van der Waals surface area (Å²) in [4.78, 5) is 26.0. The number of amides is 1. The third-order valence-corrected chi connectivity index (χ3v) is 5.92. The van der Waals surface area contributed by atoms with Crippen molar-refractivity contribution in [2.45, 2.75) is 32.1 Å². The molecule has 1 N–H and O–H groups in total. The number of nitrogens with zero attached hydrogens (tertiary/aromatic N) is 1. The lowest BCUT2D eigenvalue weighted by molar-refractivity contribution is -0.136. The van der Waals surface area contributed by atoms with Crippen LogP contribution in [-0.4, -0.2) is 35.0 Å². The molecule has 1 saturated carbocycles. The first-order valence-corrected chi connectivity index (χ1v) is 9.37. The van der Waals surface area contributed by atoms with Crippen LogP contribution in [0.1, 0.15) is 37.7 Å². The Morgan fingerprint density at radius 3 is 2.20 bits per heavy atom. The molecule has 1 aliphatic heterocycles. The molecule has 134 valence electrons. The first kappa shape index (κ1) is 18.3. The summed E-state index contributed by atoms with van der Waals surface area (Å²) < 4.78 is 0. The van der Waals surface area contributed by atoms with Crippen LogP contribution in [0.3, 0.4) is 0 Å². The normalized spacial score (nSPS) is 23.4. The minimum absolute atomic E-state index is 0.00914. The molecule has 0 spiro atoms. The van der Waals surface area contributed by atoms with Crippen molar-refractivity contribution in [2.75, 3.05) is 13.1 Å². The van der Waals surface area contributed by atoms with Gasteiger partial charge in [0, 0.05) is 34.3 Å². The molecule has 0 unspecified atom stereocenters. The van der Waals surface area contributed by atoms with Gasteiger partial charge in [-0.25, -0.2) is 4.79 Å². The SMILES string of the molecule is O=C(O)/C(=C/c1c(Cl)cccc1Cl)CC(=O)N1C[C@H]2CCCC[C@H]2C1. The van der Waals surface area contributed by atoms with Gasteiger partial charge < -0.3 is 10.0 Å². The fourth-order valence-electron chi connectivity index (χ4n) is 3.90. The van der Waals surface area contributed by atoms with Crippen molar-refractivity contribution in [3.63, 3.8) is 0 Å². The van der Waals surface area contributed by atoms with Crippen LogP contribution < -0.4 is 0 Å². The number of hydrogen-bond donors (Lipinski definition) is 1. The number of aliphatic carboxylic acids is 1. The van der Waals surface area contributed by atoms with E-state index < -0.39 is 5.97 Å². The number of carbonyl (C=O) groups excluding carboxylic acids is 1. The van der Waals surface area contributed by atoms with E-state index in [-0.39, 0.29) is 17.9 Å². The van der Waals surface area contributed by atoms with Crippen LogP contribution in [0, 0.1) is 11.8 Å². The summed E-state index contributed by atoms with van der Waals surface area (Å²) in [5, 5.41) is 10.2. The Balaban J connectivity index is 1.75. The van der Waals surface area contributed by atoms with E-state index >= 15 is 0 Å². The highest BCUT2D eigenvalue weighted by atomic mass is 35.5. The number of hydrogen-bond acceptors (Lipinski definition) is 2. The molecule has 0 radical (unpaired) electrons. The van der Waals surface area contributed by atoms with Gasteiger partial charge in [-0.05, 0) is 42.9 Å². The fraction of sp³-hybridized carbons (Fsp3) is 0.474. The minimum atomic E-state index is -1.12. The smallest absolute Gasteiger partial charge is 0.332 e. The summed E-state index contributed by atoms with van der Waals surface area (Å²) in [7, 11) is 0. The van der Waals surface area contributed by atoms with Crippen LogP contribution in [0.4, 0.5) is 0 Å². The number of carboxylic acids is 1. The highest BCUT2D eigenvalue weighted by Gasteiger charge is 2.36. The quantitative estimate of drug-likeness (QED) is 0.780. The van der Waals surface area contributed by atoms with Crippen molar-refractivity contribution in [3.05, 3.63) is 39.4 Å². The molecule has 1 aromatic carbocycles. The average molecular weight is 382 g/mol. The summed E-state index contributed by atoms with van der Waals surface area (Å²) in [5.41, 5.74) is 0.445. The molecule has 6 heteroatoms. The Morgan fingerprint density at radius 2 is 1.68 bits per heavy atom. The number of halogens is 2. The third kappa shape index (κ3) is 4.18. The predicted molar refractivity (Wildman–Crippen MR) is 98.7 cm³/mol. The third-order valence-electron chi connectivity index (χ3n) is 5.26. The second-order valence-corrected chi connectivity index (χ2v) is 7.70. The van der Waals surface area contributed by atoms with Crippen molar-refractivity contribution in [2.24, 2.45) is 11.8 Å². The topological polar surface area (TPSA) is 57.6 Å². The highest BCUT2D eigenvalue weighted by Crippen LogP contribution is 2.36. The zero-order valence-electron chi connectivity index (χ0n) is 13.9. The minimum Gasteiger partial charge on any atom is -0.478 e. The van der Waals surface area contributed by atoms with Gasteiger partial charge in [-0.3, -0.25) is 4.79 Å². The molecular formula is C19H21Cl2NO3. The average Bonchev–Trinajstić information content (AvgIpc) is 3.01. The van der Waals surface area contributed by atoms with E-state index in [9.17, 15) is 14.7 Å². The summed E-state index contributed by atoms with van der Waals surface area (Å²) in [6.45, 7) is 1.51. The molecule has 1 aliphatic carbocycles. The molecule has 4 nitrogen and oxygen atoms in total. The van der Waals surface area contributed by atoms with E-state index in [0.717, 1.165) is 13.1 Å². The van der Waals surface area contributed by atoms with Crippen molar-refractivity contribution in [1.82, 2.24) is 4.90 Å². The molecule has 1 heterocycles. The molecule has 1 amide bonds. The monoisotopic (exact) mass is 381 g/mol. The van der Waals surface area contributed by atoms with Gasteiger partial charge in [0.05, 0.1) is 6.42 Å². The zero-order chi connectivity index (χ0) is 18.0. The van der Waals surface area contributed by atoms with E-state index in [4.69, 9.17) is 23.2 Å². The van der Waals surface area contributed by atoms with Crippen molar-refractivity contribution < 1.29 is 14.7 Å². The lowest BCUT2D eigenvalue weighted by Gasteiger charge is -2.22. The van der Waals surface area contributed by atoms with Crippen LogP contribution in [0.15, 0.2) is 23.8 Å². The second kappa shape index (κ2) is 7.79. The van der Waals surface area contributed by atoms with Gasteiger partial charge in [0.15, 0.2) is 0 Å². The van der Waals surface area contributed by atoms with Crippen LogP contribution in [0.5, 0.6) is 0 Å². The molecule has 1 saturated heterocycles. The number of fused-ring (bicyclic) bond motifs is 1.